The summed E-state index contributed by atoms with van der Waals surface area (Å²) >= 11 is 0. The summed E-state index contributed by atoms with van der Waals surface area (Å²) in [6.45, 7) is 5.08. The minimum absolute atomic E-state index is 0.0324. The van der Waals surface area contributed by atoms with E-state index in [0.29, 0.717) is 13.2 Å². The third kappa shape index (κ3) is 2.00. The fourth-order valence-electron chi connectivity index (χ4n) is 2.55. The van der Waals surface area contributed by atoms with Gasteiger partial charge in [-0.3, -0.25) is 0 Å². The molecule has 0 saturated carbocycles. The van der Waals surface area contributed by atoms with Gasteiger partial charge in [0.05, 0.1) is 32.3 Å². The van der Waals surface area contributed by atoms with E-state index in [1.165, 1.54) is 0 Å². The maximum atomic E-state index is 9.58. The van der Waals surface area contributed by atoms with Crippen molar-refractivity contribution in [3.63, 3.8) is 0 Å². The van der Waals surface area contributed by atoms with Gasteiger partial charge in [0.1, 0.15) is 5.75 Å². The topological polar surface area (TPSA) is 64.7 Å². The molecule has 2 rings (SSSR count). The number of methoxy groups -OCH3 is 1. The molecule has 3 N–H and O–H groups in total. The molecule has 1 aromatic rings. The molecule has 1 aliphatic heterocycles. The van der Waals surface area contributed by atoms with Gasteiger partial charge in [-0.2, -0.15) is 0 Å². The summed E-state index contributed by atoms with van der Waals surface area (Å²) in [7, 11) is 1.65. The first kappa shape index (κ1) is 13.3. The van der Waals surface area contributed by atoms with E-state index in [1.54, 1.807) is 7.11 Å². The van der Waals surface area contributed by atoms with E-state index in [1.807, 2.05) is 19.9 Å². The van der Waals surface area contributed by atoms with Crippen molar-refractivity contribution in [3.8, 4) is 5.75 Å². The maximum absolute atomic E-state index is 9.58. The van der Waals surface area contributed by atoms with Crippen molar-refractivity contribution in [2.24, 2.45) is 11.1 Å². The summed E-state index contributed by atoms with van der Waals surface area (Å²) in [6, 6.07) is 3.79. The molecule has 1 unspecified atom stereocenters. The zero-order valence-electron chi connectivity index (χ0n) is 11.2. The molecule has 0 aliphatic carbocycles. The lowest BCUT2D eigenvalue weighted by Crippen LogP contribution is -2.53. The molecule has 100 valence electrons. The fraction of sp³-hybridized carbons (Fsp3) is 0.571. The van der Waals surface area contributed by atoms with Crippen LogP contribution in [0.4, 0.5) is 0 Å². The Morgan fingerprint density at radius 2 is 2.11 bits per heavy atom. The highest BCUT2D eigenvalue weighted by atomic mass is 16.5. The van der Waals surface area contributed by atoms with Gasteiger partial charge in [0.2, 0.25) is 0 Å². The Hall–Kier alpha value is -1.10. The molecule has 1 fully saturated rings. The van der Waals surface area contributed by atoms with Gasteiger partial charge < -0.3 is 20.3 Å². The Morgan fingerprint density at radius 3 is 2.56 bits per heavy atom. The van der Waals surface area contributed by atoms with Gasteiger partial charge in [-0.25, -0.2) is 0 Å². The smallest absolute Gasteiger partial charge is 0.124 e. The highest BCUT2D eigenvalue weighted by Crippen LogP contribution is 2.43. The molecule has 1 aliphatic rings. The maximum Gasteiger partial charge on any atom is 0.124 e. The molecule has 0 aromatic heterocycles. The zero-order valence-corrected chi connectivity index (χ0v) is 11.2. The molecular weight excluding hydrogens is 230 g/mol. The van der Waals surface area contributed by atoms with Crippen LogP contribution in [0.1, 0.15) is 22.7 Å². The minimum atomic E-state index is -0.368. The molecule has 0 amide bonds. The van der Waals surface area contributed by atoms with Gasteiger partial charge in [0.25, 0.3) is 0 Å². The molecular formula is C14H21NO3. The lowest BCUT2D eigenvalue weighted by atomic mass is 9.75. The number of ether oxygens (including phenoxy) is 2. The molecule has 4 nitrogen and oxygen atoms in total. The summed E-state index contributed by atoms with van der Waals surface area (Å²) in [5.41, 5.74) is 9.20. The fourth-order valence-corrected chi connectivity index (χ4v) is 2.55. The van der Waals surface area contributed by atoms with Gasteiger partial charge in [-0.1, -0.05) is 6.07 Å². The van der Waals surface area contributed by atoms with Crippen molar-refractivity contribution in [2.45, 2.75) is 19.9 Å². The van der Waals surface area contributed by atoms with Crippen LogP contribution in [0.25, 0.3) is 0 Å². The summed E-state index contributed by atoms with van der Waals surface area (Å²) in [5, 5.41) is 9.58. The summed E-state index contributed by atoms with van der Waals surface area (Å²) in [6.07, 6.45) is 0. The monoisotopic (exact) mass is 251 g/mol. The van der Waals surface area contributed by atoms with Crippen LogP contribution in [-0.4, -0.2) is 32.0 Å². The molecule has 18 heavy (non-hydrogen) atoms. The third-order valence-electron chi connectivity index (χ3n) is 3.78. The molecule has 1 saturated heterocycles. The number of aryl methyl sites for hydroxylation is 2. The van der Waals surface area contributed by atoms with E-state index >= 15 is 0 Å². The van der Waals surface area contributed by atoms with Crippen molar-refractivity contribution in [2.75, 3.05) is 26.9 Å². The second-order valence-electron chi connectivity index (χ2n) is 5.19. The number of benzene rings is 1. The quantitative estimate of drug-likeness (QED) is 0.847. The Labute approximate surface area is 108 Å². The van der Waals surface area contributed by atoms with Crippen molar-refractivity contribution < 1.29 is 14.6 Å². The van der Waals surface area contributed by atoms with Crippen molar-refractivity contribution >= 4 is 0 Å². The molecule has 1 aromatic carbocycles. The number of aliphatic hydroxyl groups excluding tert-OH is 1. The first-order valence-corrected chi connectivity index (χ1v) is 6.13. The number of nitrogens with two attached hydrogens (primary N) is 1. The highest BCUT2D eigenvalue weighted by Gasteiger charge is 2.45. The van der Waals surface area contributed by atoms with Crippen LogP contribution in [0.15, 0.2) is 12.1 Å². The molecule has 0 radical (unpaired) electrons. The van der Waals surface area contributed by atoms with E-state index in [0.717, 1.165) is 22.4 Å². The number of aliphatic hydroxyl groups is 1. The largest absolute Gasteiger partial charge is 0.496 e. The number of rotatable bonds is 4. The van der Waals surface area contributed by atoms with Crippen LogP contribution in [0.2, 0.25) is 0 Å². The van der Waals surface area contributed by atoms with E-state index in [-0.39, 0.29) is 18.1 Å². The van der Waals surface area contributed by atoms with Gasteiger partial charge in [0, 0.05) is 11.6 Å². The lowest BCUT2D eigenvalue weighted by Gasteiger charge is -2.45. The molecule has 4 heteroatoms. The molecule has 0 spiro atoms. The first-order valence-electron chi connectivity index (χ1n) is 6.13. The van der Waals surface area contributed by atoms with Crippen molar-refractivity contribution in [3.05, 3.63) is 28.8 Å². The van der Waals surface area contributed by atoms with E-state index in [4.69, 9.17) is 15.2 Å². The Balaban J connectivity index is 2.43. The second-order valence-corrected chi connectivity index (χ2v) is 5.19. The second kappa shape index (κ2) is 4.88. The van der Waals surface area contributed by atoms with Gasteiger partial charge in [-0.15, -0.1) is 0 Å². The van der Waals surface area contributed by atoms with Crippen LogP contribution >= 0.6 is 0 Å². The zero-order chi connectivity index (χ0) is 13.3. The molecule has 1 atom stereocenters. The predicted octanol–water partition coefficient (Wildman–Crippen LogP) is 1.32. The average Bonchev–Trinajstić information content (AvgIpc) is 2.26. The SMILES string of the molecule is COc1cc(C)cc(C)c1C(N)C1(CO)COC1. The third-order valence-corrected chi connectivity index (χ3v) is 3.78. The highest BCUT2D eigenvalue weighted by molar-refractivity contribution is 5.46. The summed E-state index contributed by atoms with van der Waals surface area (Å²) in [4.78, 5) is 0. The van der Waals surface area contributed by atoms with Gasteiger partial charge in [0.15, 0.2) is 0 Å². The van der Waals surface area contributed by atoms with Crippen molar-refractivity contribution in [1.29, 1.82) is 0 Å². The Morgan fingerprint density at radius 1 is 1.44 bits per heavy atom. The van der Waals surface area contributed by atoms with Crippen LogP contribution in [-0.2, 0) is 4.74 Å². The normalized spacial score (nSPS) is 19.2. The number of hydrogen-bond donors (Lipinski definition) is 2. The first-order chi connectivity index (χ1) is 8.54. The standard InChI is InChI=1S/C14H21NO3/c1-9-4-10(2)12(11(5-9)17-3)13(15)14(6-16)7-18-8-14/h4-5,13,16H,6-8,15H2,1-3H3. The van der Waals surface area contributed by atoms with E-state index in [9.17, 15) is 5.11 Å². The Kier molecular flexibility index (Phi) is 3.61. The van der Waals surface area contributed by atoms with Crippen LogP contribution in [0, 0.1) is 19.3 Å². The van der Waals surface area contributed by atoms with Crippen LogP contribution < -0.4 is 10.5 Å². The lowest BCUT2D eigenvalue weighted by molar-refractivity contribution is -0.150. The number of hydrogen-bond acceptors (Lipinski definition) is 4. The molecule has 1 heterocycles. The predicted molar refractivity (Wildman–Crippen MR) is 69.7 cm³/mol. The van der Waals surface area contributed by atoms with Crippen LogP contribution in [0.5, 0.6) is 5.75 Å². The van der Waals surface area contributed by atoms with E-state index in [2.05, 4.69) is 6.07 Å². The Bertz CT molecular complexity index is 435. The van der Waals surface area contributed by atoms with Crippen LogP contribution in [0.3, 0.4) is 0 Å². The van der Waals surface area contributed by atoms with Crippen molar-refractivity contribution in [1.82, 2.24) is 0 Å². The average molecular weight is 251 g/mol. The summed E-state index contributed by atoms with van der Waals surface area (Å²) in [5.74, 6) is 0.791. The molecule has 0 bridgehead atoms. The summed E-state index contributed by atoms with van der Waals surface area (Å²) < 4.78 is 10.7. The van der Waals surface area contributed by atoms with Gasteiger partial charge in [-0.05, 0) is 31.0 Å². The van der Waals surface area contributed by atoms with E-state index < -0.39 is 0 Å². The van der Waals surface area contributed by atoms with Gasteiger partial charge >= 0.3 is 0 Å². The minimum Gasteiger partial charge on any atom is -0.496 e.